The highest BCUT2D eigenvalue weighted by Gasteiger charge is 2.01. The highest BCUT2D eigenvalue weighted by atomic mass is 16.5. The lowest BCUT2D eigenvalue weighted by molar-refractivity contribution is 0.299. The summed E-state index contributed by atoms with van der Waals surface area (Å²) in [5, 5.41) is 11.4. The Bertz CT molecular complexity index is 555. The predicted octanol–water partition coefficient (Wildman–Crippen LogP) is 1.58. The Balaban J connectivity index is 1.77. The number of oxime groups is 1. The minimum atomic E-state index is 0.0294. The zero-order chi connectivity index (χ0) is 14.2. The maximum absolute atomic E-state index is 8.54. The highest BCUT2D eigenvalue weighted by molar-refractivity contribution is 5.96. The summed E-state index contributed by atoms with van der Waals surface area (Å²) < 4.78 is 5.53. The van der Waals surface area contributed by atoms with E-state index in [4.69, 9.17) is 15.7 Å². The molecule has 0 aliphatic heterocycles. The van der Waals surface area contributed by atoms with E-state index in [1.807, 2.05) is 12.1 Å². The molecule has 3 N–H and O–H groups in total. The largest absolute Gasteiger partial charge is 0.478 e. The summed E-state index contributed by atoms with van der Waals surface area (Å²) in [4.78, 5) is 8.06. The summed E-state index contributed by atoms with van der Waals surface area (Å²) in [6.45, 7) is 0.582. The molecule has 2 heterocycles. The number of hydrogen-bond acceptors (Lipinski definition) is 5. The van der Waals surface area contributed by atoms with Crippen LogP contribution in [0.15, 0.2) is 48.0 Å². The zero-order valence-corrected chi connectivity index (χ0v) is 10.9. The Labute approximate surface area is 116 Å². The van der Waals surface area contributed by atoms with Crippen molar-refractivity contribution in [2.45, 2.75) is 12.8 Å². The molecule has 0 fully saturated rings. The molecule has 6 nitrogen and oxygen atoms in total. The summed E-state index contributed by atoms with van der Waals surface area (Å²) in [7, 11) is 0. The molecule has 0 saturated heterocycles. The second-order valence-corrected chi connectivity index (χ2v) is 4.18. The first-order chi connectivity index (χ1) is 9.79. The molecule has 0 aliphatic carbocycles. The van der Waals surface area contributed by atoms with Crippen LogP contribution < -0.4 is 10.5 Å². The van der Waals surface area contributed by atoms with Crippen LogP contribution >= 0.6 is 0 Å². The fourth-order valence-corrected chi connectivity index (χ4v) is 1.68. The van der Waals surface area contributed by atoms with E-state index >= 15 is 0 Å². The van der Waals surface area contributed by atoms with E-state index in [2.05, 4.69) is 15.1 Å². The van der Waals surface area contributed by atoms with Crippen molar-refractivity contribution in [3.63, 3.8) is 0 Å². The van der Waals surface area contributed by atoms with Gasteiger partial charge in [0.25, 0.3) is 0 Å². The number of amidine groups is 1. The summed E-state index contributed by atoms with van der Waals surface area (Å²) >= 11 is 0. The number of aromatic nitrogens is 2. The number of nitrogens with zero attached hydrogens (tertiary/aromatic N) is 3. The molecule has 0 radical (unpaired) electrons. The molecule has 0 amide bonds. The van der Waals surface area contributed by atoms with Crippen LogP contribution in [0.4, 0.5) is 0 Å². The third-order valence-corrected chi connectivity index (χ3v) is 2.75. The lowest BCUT2D eigenvalue weighted by Crippen LogP contribution is -2.13. The van der Waals surface area contributed by atoms with Gasteiger partial charge in [-0.25, -0.2) is 4.98 Å². The first-order valence-electron chi connectivity index (χ1n) is 6.25. The van der Waals surface area contributed by atoms with E-state index in [-0.39, 0.29) is 5.84 Å². The molecule has 0 spiro atoms. The Hall–Kier alpha value is -2.63. The number of ether oxygens (including phenoxy) is 1. The molecule has 0 aliphatic rings. The van der Waals surface area contributed by atoms with Crippen molar-refractivity contribution < 1.29 is 9.94 Å². The van der Waals surface area contributed by atoms with Crippen molar-refractivity contribution in [1.82, 2.24) is 9.97 Å². The van der Waals surface area contributed by atoms with Gasteiger partial charge in [0.15, 0.2) is 5.84 Å². The molecule has 20 heavy (non-hydrogen) atoms. The topological polar surface area (TPSA) is 93.6 Å². The lowest BCUT2D eigenvalue weighted by Gasteiger charge is -2.06. The van der Waals surface area contributed by atoms with Gasteiger partial charge in [-0.1, -0.05) is 5.16 Å². The van der Waals surface area contributed by atoms with Crippen LogP contribution in [0.1, 0.15) is 17.5 Å². The molecule has 104 valence electrons. The van der Waals surface area contributed by atoms with Crippen molar-refractivity contribution in [3.8, 4) is 5.88 Å². The Morgan fingerprint density at radius 3 is 2.70 bits per heavy atom. The molecule has 2 aromatic rings. The van der Waals surface area contributed by atoms with Gasteiger partial charge in [0.1, 0.15) is 0 Å². The van der Waals surface area contributed by atoms with Gasteiger partial charge in [-0.15, -0.1) is 0 Å². The fourth-order valence-electron chi connectivity index (χ4n) is 1.68. The van der Waals surface area contributed by atoms with E-state index in [1.165, 1.54) is 11.8 Å². The predicted molar refractivity (Wildman–Crippen MR) is 74.8 cm³/mol. The summed E-state index contributed by atoms with van der Waals surface area (Å²) in [6, 6.07) is 7.37. The molecule has 2 rings (SSSR count). The standard InChI is InChI=1S/C14H16N4O2/c15-14(18-19)12-3-4-13(17-10-12)20-9-1-2-11-5-7-16-8-6-11/h3-8,10,19H,1-2,9H2,(H2,15,18). The van der Waals surface area contributed by atoms with Crippen molar-refractivity contribution >= 4 is 5.84 Å². The molecule has 0 aromatic carbocycles. The van der Waals surface area contributed by atoms with Crippen LogP contribution in [0.2, 0.25) is 0 Å². The van der Waals surface area contributed by atoms with Crippen molar-refractivity contribution in [3.05, 3.63) is 54.0 Å². The van der Waals surface area contributed by atoms with Gasteiger partial charge in [0.2, 0.25) is 5.88 Å². The second kappa shape index (κ2) is 7.08. The third kappa shape index (κ3) is 3.94. The second-order valence-electron chi connectivity index (χ2n) is 4.18. The van der Waals surface area contributed by atoms with E-state index in [9.17, 15) is 0 Å². The monoisotopic (exact) mass is 272 g/mol. The van der Waals surface area contributed by atoms with Crippen LogP contribution in [-0.2, 0) is 6.42 Å². The molecular weight excluding hydrogens is 256 g/mol. The van der Waals surface area contributed by atoms with Gasteiger partial charge in [-0.05, 0) is 36.6 Å². The molecule has 2 aromatic heterocycles. The number of nitrogens with two attached hydrogens (primary N) is 1. The van der Waals surface area contributed by atoms with E-state index in [0.29, 0.717) is 18.1 Å². The van der Waals surface area contributed by atoms with Gasteiger partial charge in [-0.3, -0.25) is 4.98 Å². The van der Waals surface area contributed by atoms with Crippen LogP contribution in [0.5, 0.6) is 5.88 Å². The van der Waals surface area contributed by atoms with Crippen LogP contribution in [0, 0.1) is 0 Å². The highest BCUT2D eigenvalue weighted by Crippen LogP contribution is 2.08. The van der Waals surface area contributed by atoms with Gasteiger partial charge in [0, 0.05) is 30.2 Å². The first kappa shape index (κ1) is 13.8. The summed E-state index contributed by atoms with van der Waals surface area (Å²) in [6.07, 6.45) is 6.90. The number of aryl methyl sites for hydroxylation is 1. The van der Waals surface area contributed by atoms with Gasteiger partial charge in [-0.2, -0.15) is 0 Å². The van der Waals surface area contributed by atoms with Gasteiger partial charge >= 0.3 is 0 Å². The maximum atomic E-state index is 8.54. The molecular formula is C14H16N4O2. The Morgan fingerprint density at radius 2 is 2.05 bits per heavy atom. The molecule has 0 saturated carbocycles. The van der Waals surface area contributed by atoms with Crippen molar-refractivity contribution in [2.24, 2.45) is 10.9 Å². The zero-order valence-electron chi connectivity index (χ0n) is 10.9. The molecule has 0 unspecified atom stereocenters. The minimum absolute atomic E-state index is 0.0294. The number of hydrogen-bond donors (Lipinski definition) is 2. The molecule has 0 bridgehead atoms. The normalized spacial score (nSPS) is 11.3. The third-order valence-electron chi connectivity index (χ3n) is 2.75. The quantitative estimate of drug-likeness (QED) is 0.274. The smallest absolute Gasteiger partial charge is 0.213 e. The Kier molecular flexibility index (Phi) is 4.88. The van der Waals surface area contributed by atoms with Crippen LogP contribution in [-0.4, -0.2) is 27.6 Å². The first-order valence-corrected chi connectivity index (χ1v) is 6.25. The number of pyridine rings is 2. The average molecular weight is 272 g/mol. The average Bonchev–Trinajstić information content (AvgIpc) is 2.52. The number of rotatable bonds is 6. The van der Waals surface area contributed by atoms with Crippen molar-refractivity contribution in [1.29, 1.82) is 0 Å². The van der Waals surface area contributed by atoms with Gasteiger partial charge < -0.3 is 15.7 Å². The van der Waals surface area contributed by atoms with Crippen LogP contribution in [0.3, 0.4) is 0 Å². The fraction of sp³-hybridized carbons (Fsp3) is 0.214. The molecule has 0 atom stereocenters. The Morgan fingerprint density at radius 1 is 1.25 bits per heavy atom. The minimum Gasteiger partial charge on any atom is -0.478 e. The summed E-state index contributed by atoms with van der Waals surface area (Å²) in [5.41, 5.74) is 7.23. The van der Waals surface area contributed by atoms with E-state index < -0.39 is 0 Å². The maximum Gasteiger partial charge on any atom is 0.213 e. The van der Waals surface area contributed by atoms with Crippen LogP contribution in [0.25, 0.3) is 0 Å². The van der Waals surface area contributed by atoms with Crippen molar-refractivity contribution in [2.75, 3.05) is 6.61 Å². The van der Waals surface area contributed by atoms with Gasteiger partial charge in [0.05, 0.1) is 6.61 Å². The summed E-state index contributed by atoms with van der Waals surface area (Å²) in [5.74, 6) is 0.552. The molecule has 6 heteroatoms. The van der Waals surface area contributed by atoms with E-state index in [0.717, 1.165) is 12.8 Å². The lowest BCUT2D eigenvalue weighted by atomic mass is 10.1. The SMILES string of the molecule is N/C(=N\O)c1ccc(OCCCc2ccncc2)nc1. The van der Waals surface area contributed by atoms with E-state index in [1.54, 1.807) is 24.5 Å².